The van der Waals surface area contributed by atoms with Crippen molar-refractivity contribution in [2.75, 3.05) is 13.1 Å². The highest BCUT2D eigenvalue weighted by Gasteiger charge is 2.35. The molecule has 6 heteroatoms. The number of nitrogens with two attached hydrogens (primary N) is 1. The zero-order valence-corrected chi connectivity index (χ0v) is 9.96. The molecule has 0 aliphatic heterocycles. The fraction of sp³-hybridized carbons (Fsp3) is 0.909. The minimum Gasteiger partial charge on any atom is -0.334 e. The molecular weight excluding hydrogens is 233 g/mol. The Hall–Kier alpha value is -0.780. The predicted molar refractivity (Wildman–Crippen MR) is 58.2 cm³/mol. The first-order valence-corrected chi connectivity index (χ1v) is 5.94. The van der Waals surface area contributed by atoms with Crippen molar-refractivity contribution in [1.82, 2.24) is 4.90 Å². The summed E-state index contributed by atoms with van der Waals surface area (Å²) in [5, 5.41) is 0. The Labute approximate surface area is 99.1 Å². The molecule has 3 nitrogen and oxygen atoms in total. The van der Waals surface area contributed by atoms with Crippen molar-refractivity contribution >= 4 is 5.91 Å². The number of alkyl halides is 3. The van der Waals surface area contributed by atoms with E-state index in [1.807, 2.05) is 0 Å². The lowest BCUT2D eigenvalue weighted by molar-refractivity contribution is -0.164. The topological polar surface area (TPSA) is 46.3 Å². The molecule has 2 N–H and O–H groups in total. The van der Waals surface area contributed by atoms with Gasteiger partial charge in [0, 0.05) is 18.5 Å². The highest BCUT2D eigenvalue weighted by atomic mass is 19.4. The van der Waals surface area contributed by atoms with Crippen LogP contribution in [0.5, 0.6) is 0 Å². The first-order valence-electron chi connectivity index (χ1n) is 5.94. The summed E-state index contributed by atoms with van der Waals surface area (Å²) >= 11 is 0. The van der Waals surface area contributed by atoms with Crippen LogP contribution in [0.1, 0.15) is 32.6 Å². The summed E-state index contributed by atoms with van der Waals surface area (Å²) in [5.41, 5.74) is 5.70. The zero-order chi connectivity index (χ0) is 13.1. The fourth-order valence-corrected chi connectivity index (χ4v) is 2.19. The van der Waals surface area contributed by atoms with Gasteiger partial charge in [0.25, 0.3) is 0 Å². The third-order valence-corrected chi connectivity index (χ3v) is 3.18. The lowest BCUT2D eigenvalue weighted by atomic mass is 9.85. The smallest absolute Gasteiger partial charge is 0.334 e. The van der Waals surface area contributed by atoms with E-state index in [1.54, 1.807) is 6.92 Å². The maximum absolute atomic E-state index is 12.3. The van der Waals surface area contributed by atoms with Crippen LogP contribution in [0.15, 0.2) is 0 Å². The van der Waals surface area contributed by atoms with E-state index in [9.17, 15) is 18.0 Å². The number of carbonyl (C=O) groups is 1. The molecular formula is C11H19F3N2O. The van der Waals surface area contributed by atoms with Gasteiger partial charge in [0.1, 0.15) is 6.54 Å². The Kier molecular flexibility index (Phi) is 4.80. The molecule has 1 fully saturated rings. The van der Waals surface area contributed by atoms with Crippen LogP contribution in [-0.4, -0.2) is 36.1 Å². The number of halogens is 3. The van der Waals surface area contributed by atoms with Gasteiger partial charge in [-0.25, -0.2) is 0 Å². The van der Waals surface area contributed by atoms with Gasteiger partial charge < -0.3 is 10.6 Å². The van der Waals surface area contributed by atoms with Crippen molar-refractivity contribution in [3.05, 3.63) is 0 Å². The lowest BCUT2D eigenvalue weighted by Gasteiger charge is -2.30. The van der Waals surface area contributed by atoms with E-state index in [-0.39, 0.29) is 24.4 Å². The molecule has 1 aliphatic rings. The Bertz CT molecular complexity index is 260. The van der Waals surface area contributed by atoms with Gasteiger partial charge in [-0.1, -0.05) is 0 Å². The lowest BCUT2D eigenvalue weighted by Crippen LogP contribution is -2.43. The summed E-state index contributed by atoms with van der Waals surface area (Å²) in [7, 11) is 0. The minimum atomic E-state index is -4.32. The number of carbonyl (C=O) groups excluding carboxylic acids is 1. The Morgan fingerprint density at radius 1 is 1.29 bits per heavy atom. The molecule has 0 radical (unpaired) electrons. The molecule has 1 rings (SSSR count). The second-order valence-corrected chi connectivity index (χ2v) is 4.58. The predicted octanol–water partition coefficient (Wildman–Crippen LogP) is 1.91. The molecule has 1 saturated carbocycles. The van der Waals surface area contributed by atoms with Gasteiger partial charge in [-0.05, 0) is 32.6 Å². The second-order valence-electron chi connectivity index (χ2n) is 4.58. The van der Waals surface area contributed by atoms with Gasteiger partial charge in [0.15, 0.2) is 0 Å². The monoisotopic (exact) mass is 252 g/mol. The van der Waals surface area contributed by atoms with Gasteiger partial charge in [0.05, 0.1) is 0 Å². The van der Waals surface area contributed by atoms with Crippen LogP contribution in [-0.2, 0) is 4.79 Å². The summed E-state index contributed by atoms with van der Waals surface area (Å²) in [6.07, 6.45) is -1.67. The van der Waals surface area contributed by atoms with Crippen molar-refractivity contribution in [2.45, 2.75) is 44.8 Å². The third-order valence-electron chi connectivity index (χ3n) is 3.18. The highest BCUT2D eigenvalue weighted by molar-refractivity contribution is 5.79. The molecule has 0 aromatic heterocycles. The number of amides is 1. The molecule has 0 spiro atoms. The van der Waals surface area contributed by atoms with E-state index in [0.29, 0.717) is 12.8 Å². The van der Waals surface area contributed by atoms with Gasteiger partial charge in [-0.3, -0.25) is 4.79 Å². The number of hydrogen-bond donors (Lipinski definition) is 1. The average molecular weight is 252 g/mol. The average Bonchev–Trinajstić information content (AvgIpc) is 2.25. The van der Waals surface area contributed by atoms with Gasteiger partial charge >= 0.3 is 6.18 Å². The van der Waals surface area contributed by atoms with Crippen LogP contribution < -0.4 is 5.73 Å². The van der Waals surface area contributed by atoms with Gasteiger partial charge in [-0.2, -0.15) is 13.2 Å². The summed E-state index contributed by atoms with van der Waals surface area (Å²) in [6.45, 7) is 0.518. The molecule has 17 heavy (non-hydrogen) atoms. The SMILES string of the molecule is CCN(CC(F)(F)F)C(=O)C1CCC(N)CC1. The summed E-state index contributed by atoms with van der Waals surface area (Å²) < 4.78 is 36.8. The number of hydrogen-bond acceptors (Lipinski definition) is 2. The molecule has 0 bridgehead atoms. The van der Waals surface area contributed by atoms with E-state index >= 15 is 0 Å². The second kappa shape index (κ2) is 5.71. The first-order chi connectivity index (χ1) is 7.83. The van der Waals surface area contributed by atoms with Crippen molar-refractivity contribution in [2.24, 2.45) is 11.7 Å². The number of rotatable bonds is 3. The third kappa shape index (κ3) is 4.53. The summed E-state index contributed by atoms with van der Waals surface area (Å²) in [4.78, 5) is 12.8. The minimum absolute atomic E-state index is 0.0942. The normalized spacial score (nSPS) is 25.7. The van der Waals surface area contributed by atoms with Crippen LogP contribution in [0.25, 0.3) is 0 Å². The summed E-state index contributed by atoms with van der Waals surface area (Å²) in [6, 6.07) is 0.0942. The van der Waals surface area contributed by atoms with E-state index in [0.717, 1.165) is 17.7 Å². The molecule has 0 atom stereocenters. The van der Waals surface area contributed by atoms with Crippen molar-refractivity contribution in [3.8, 4) is 0 Å². The molecule has 1 aliphatic carbocycles. The molecule has 0 aromatic rings. The van der Waals surface area contributed by atoms with Gasteiger partial charge in [-0.15, -0.1) is 0 Å². The van der Waals surface area contributed by atoms with E-state index in [1.165, 1.54) is 0 Å². The fourth-order valence-electron chi connectivity index (χ4n) is 2.19. The quantitative estimate of drug-likeness (QED) is 0.834. The highest BCUT2D eigenvalue weighted by Crippen LogP contribution is 2.26. The molecule has 0 heterocycles. The number of nitrogens with zero attached hydrogens (tertiary/aromatic N) is 1. The maximum atomic E-state index is 12.3. The molecule has 0 aromatic carbocycles. The van der Waals surface area contributed by atoms with Crippen molar-refractivity contribution < 1.29 is 18.0 Å². The zero-order valence-electron chi connectivity index (χ0n) is 9.96. The van der Waals surface area contributed by atoms with Crippen LogP contribution in [0, 0.1) is 5.92 Å². The van der Waals surface area contributed by atoms with Crippen molar-refractivity contribution in [1.29, 1.82) is 0 Å². The van der Waals surface area contributed by atoms with Crippen LogP contribution in [0.3, 0.4) is 0 Å². The molecule has 0 saturated heterocycles. The van der Waals surface area contributed by atoms with Crippen molar-refractivity contribution in [3.63, 3.8) is 0 Å². The van der Waals surface area contributed by atoms with Crippen LogP contribution in [0.2, 0.25) is 0 Å². The summed E-state index contributed by atoms with van der Waals surface area (Å²) in [5.74, 6) is -0.658. The van der Waals surface area contributed by atoms with Gasteiger partial charge in [0.2, 0.25) is 5.91 Å². The molecule has 0 unspecified atom stereocenters. The Balaban J connectivity index is 2.54. The van der Waals surface area contributed by atoms with E-state index in [2.05, 4.69) is 0 Å². The Morgan fingerprint density at radius 2 is 1.82 bits per heavy atom. The maximum Gasteiger partial charge on any atom is 0.406 e. The first kappa shape index (κ1) is 14.3. The molecule has 1 amide bonds. The van der Waals surface area contributed by atoms with E-state index < -0.39 is 12.7 Å². The largest absolute Gasteiger partial charge is 0.406 e. The van der Waals surface area contributed by atoms with Crippen LogP contribution in [0.4, 0.5) is 13.2 Å². The van der Waals surface area contributed by atoms with E-state index in [4.69, 9.17) is 5.73 Å². The van der Waals surface area contributed by atoms with Crippen LogP contribution >= 0.6 is 0 Å². The standard InChI is InChI=1S/C11H19F3N2O/c1-2-16(7-11(12,13)14)10(17)8-3-5-9(15)6-4-8/h8-9H,2-7,15H2,1H3. The Morgan fingerprint density at radius 3 is 2.24 bits per heavy atom. The molecule has 100 valence electrons.